The summed E-state index contributed by atoms with van der Waals surface area (Å²) in [5.41, 5.74) is -2.70. The van der Waals surface area contributed by atoms with Crippen LogP contribution in [-0.2, 0) is 4.79 Å². The smallest absolute Gasteiger partial charge is 0.417 e. The van der Waals surface area contributed by atoms with E-state index in [-0.39, 0.29) is 19.4 Å². The molecule has 1 aliphatic heterocycles. The highest BCUT2D eigenvalue weighted by Gasteiger charge is 2.61. The molecule has 1 aliphatic rings. The summed E-state index contributed by atoms with van der Waals surface area (Å²) < 4.78 is 36.7. The molecule has 0 unspecified atom stereocenters. The zero-order chi connectivity index (χ0) is 9.41. The van der Waals surface area contributed by atoms with E-state index in [9.17, 15) is 18.0 Å². The molecule has 1 fully saturated rings. The number of nitrogens with one attached hydrogen (secondary N) is 1. The summed E-state index contributed by atoms with van der Waals surface area (Å²) in [7, 11) is 0. The third-order valence-electron chi connectivity index (χ3n) is 2.00. The molecule has 0 aromatic rings. The number of hydrogen-bond donors (Lipinski definition) is 2. The predicted octanol–water partition coefficient (Wildman–Crippen LogP) is 0.755. The first-order valence-electron chi connectivity index (χ1n) is 3.45. The van der Waals surface area contributed by atoms with Gasteiger partial charge in [-0.3, -0.25) is 5.32 Å². The van der Waals surface area contributed by atoms with Crippen LogP contribution in [-0.4, -0.2) is 29.3 Å². The van der Waals surface area contributed by atoms with Crippen molar-refractivity contribution in [1.29, 1.82) is 0 Å². The average Bonchev–Trinajstić information content (AvgIpc) is 2.31. The van der Waals surface area contributed by atoms with Gasteiger partial charge in [-0.1, -0.05) is 0 Å². The van der Waals surface area contributed by atoms with Gasteiger partial charge >= 0.3 is 12.1 Å². The van der Waals surface area contributed by atoms with Crippen molar-refractivity contribution in [3.8, 4) is 0 Å². The van der Waals surface area contributed by atoms with E-state index < -0.39 is 17.7 Å². The maximum Gasteiger partial charge on any atom is 0.417 e. The van der Waals surface area contributed by atoms with Crippen LogP contribution in [0.2, 0.25) is 0 Å². The van der Waals surface area contributed by atoms with Gasteiger partial charge in [0.05, 0.1) is 0 Å². The van der Waals surface area contributed by atoms with Gasteiger partial charge in [0.15, 0.2) is 0 Å². The molecule has 0 aliphatic carbocycles. The van der Waals surface area contributed by atoms with Crippen molar-refractivity contribution < 1.29 is 23.1 Å². The van der Waals surface area contributed by atoms with Gasteiger partial charge in [-0.05, 0) is 19.4 Å². The first-order chi connectivity index (χ1) is 5.40. The minimum absolute atomic E-state index is 0.103. The van der Waals surface area contributed by atoms with Crippen molar-refractivity contribution in [2.24, 2.45) is 0 Å². The summed E-state index contributed by atoms with van der Waals surface area (Å²) in [5.74, 6) is -1.84. The van der Waals surface area contributed by atoms with Crippen molar-refractivity contribution in [3.63, 3.8) is 0 Å². The number of rotatable bonds is 1. The monoisotopic (exact) mass is 183 g/mol. The zero-order valence-corrected chi connectivity index (χ0v) is 6.11. The third kappa shape index (κ3) is 1.16. The van der Waals surface area contributed by atoms with Gasteiger partial charge in [-0.2, -0.15) is 13.2 Å². The number of carboxylic acid groups (broad SMARTS) is 1. The SMILES string of the molecule is O=C(O)[C@]1(C(F)(F)F)CCCN1. The summed E-state index contributed by atoms with van der Waals surface area (Å²) in [5, 5.41) is 10.4. The molecule has 2 N–H and O–H groups in total. The standard InChI is InChI=1S/C6H8F3NO2/c7-6(8,9)5(4(11)12)2-1-3-10-5/h10H,1-3H2,(H,11,12)/t5-/m0/s1. The molecule has 70 valence electrons. The fraction of sp³-hybridized carbons (Fsp3) is 0.833. The molecule has 12 heavy (non-hydrogen) atoms. The number of hydrogen-bond acceptors (Lipinski definition) is 2. The van der Waals surface area contributed by atoms with Crippen LogP contribution in [0.25, 0.3) is 0 Å². The average molecular weight is 183 g/mol. The molecular formula is C6H8F3NO2. The van der Waals surface area contributed by atoms with Gasteiger partial charge in [-0.15, -0.1) is 0 Å². The molecule has 6 heteroatoms. The van der Waals surface area contributed by atoms with Gasteiger partial charge in [-0.25, -0.2) is 4.79 Å². The van der Waals surface area contributed by atoms with E-state index in [0.717, 1.165) is 0 Å². The fourth-order valence-electron chi connectivity index (χ4n) is 1.29. The molecule has 1 atom stereocenters. The Morgan fingerprint density at radius 3 is 2.25 bits per heavy atom. The summed E-state index contributed by atoms with van der Waals surface area (Å²) in [6, 6.07) is 0. The molecule has 0 bridgehead atoms. The normalized spacial score (nSPS) is 30.6. The van der Waals surface area contributed by atoms with Crippen LogP contribution < -0.4 is 5.32 Å². The van der Waals surface area contributed by atoms with Crippen LogP contribution >= 0.6 is 0 Å². The molecular weight excluding hydrogens is 175 g/mol. The highest BCUT2D eigenvalue weighted by atomic mass is 19.4. The van der Waals surface area contributed by atoms with Gasteiger partial charge < -0.3 is 5.11 Å². The zero-order valence-electron chi connectivity index (χ0n) is 6.11. The van der Waals surface area contributed by atoms with E-state index >= 15 is 0 Å². The third-order valence-corrected chi connectivity index (χ3v) is 2.00. The first-order valence-corrected chi connectivity index (χ1v) is 3.45. The Bertz CT molecular complexity index is 195. The van der Waals surface area contributed by atoms with E-state index in [1.165, 1.54) is 0 Å². The lowest BCUT2D eigenvalue weighted by Crippen LogP contribution is -2.58. The second kappa shape index (κ2) is 2.62. The molecule has 3 nitrogen and oxygen atoms in total. The quantitative estimate of drug-likeness (QED) is 0.630. The summed E-state index contributed by atoms with van der Waals surface area (Å²) >= 11 is 0. The highest BCUT2D eigenvalue weighted by Crippen LogP contribution is 2.37. The maximum absolute atomic E-state index is 12.2. The minimum Gasteiger partial charge on any atom is -0.480 e. The van der Waals surface area contributed by atoms with Gasteiger partial charge in [0.25, 0.3) is 0 Å². The molecule has 1 heterocycles. The van der Waals surface area contributed by atoms with Crippen LogP contribution in [0, 0.1) is 0 Å². The number of carboxylic acids is 1. The maximum atomic E-state index is 12.2. The van der Waals surface area contributed by atoms with E-state index in [4.69, 9.17) is 5.11 Å². The molecule has 0 aromatic carbocycles. The van der Waals surface area contributed by atoms with E-state index in [0.29, 0.717) is 0 Å². The Balaban J connectivity index is 2.94. The lowest BCUT2D eigenvalue weighted by atomic mass is 9.97. The van der Waals surface area contributed by atoms with Gasteiger partial charge in [0.2, 0.25) is 5.54 Å². The van der Waals surface area contributed by atoms with Crippen molar-refractivity contribution >= 4 is 5.97 Å². The van der Waals surface area contributed by atoms with E-state index in [1.807, 2.05) is 5.32 Å². The Morgan fingerprint density at radius 2 is 2.08 bits per heavy atom. The lowest BCUT2D eigenvalue weighted by molar-refractivity contribution is -0.206. The second-order valence-electron chi connectivity index (χ2n) is 2.74. The Hall–Kier alpha value is -0.780. The number of carbonyl (C=O) groups is 1. The first kappa shape index (κ1) is 9.31. The van der Waals surface area contributed by atoms with Crippen LogP contribution in [0.5, 0.6) is 0 Å². The van der Waals surface area contributed by atoms with Crippen molar-refractivity contribution in [3.05, 3.63) is 0 Å². The number of aliphatic carboxylic acids is 1. The largest absolute Gasteiger partial charge is 0.480 e. The topological polar surface area (TPSA) is 49.3 Å². The van der Waals surface area contributed by atoms with Gasteiger partial charge in [0, 0.05) is 0 Å². The Labute approximate surface area is 66.6 Å². The molecule has 0 spiro atoms. The summed E-state index contributed by atoms with van der Waals surface area (Å²) in [6.07, 6.45) is -4.85. The predicted molar refractivity (Wildman–Crippen MR) is 33.7 cm³/mol. The minimum atomic E-state index is -4.71. The van der Waals surface area contributed by atoms with Crippen LogP contribution in [0.3, 0.4) is 0 Å². The molecule has 0 saturated carbocycles. The van der Waals surface area contributed by atoms with Crippen LogP contribution in [0.1, 0.15) is 12.8 Å². The highest BCUT2D eigenvalue weighted by molar-refractivity contribution is 5.80. The summed E-state index contributed by atoms with van der Waals surface area (Å²) in [4.78, 5) is 10.4. The van der Waals surface area contributed by atoms with Gasteiger partial charge in [0.1, 0.15) is 0 Å². The molecule has 1 saturated heterocycles. The molecule has 1 rings (SSSR count). The number of alkyl halides is 3. The number of halogens is 3. The molecule has 0 radical (unpaired) electrons. The Morgan fingerprint density at radius 1 is 1.50 bits per heavy atom. The van der Waals surface area contributed by atoms with Crippen LogP contribution in [0.15, 0.2) is 0 Å². The molecule has 0 aromatic heterocycles. The summed E-state index contributed by atoms with van der Waals surface area (Å²) in [6.45, 7) is 0.103. The lowest BCUT2D eigenvalue weighted by Gasteiger charge is -2.26. The Kier molecular flexibility index (Phi) is 2.03. The fourth-order valence-corrected chi connectivity index (χ4v) is 1.29. The van der Waals surface area contributed by atoms with Crippen LogP contribution in [0.4, 0.5) is 13.2 Å². The molecule has 0 amide bonds. The van der Waals surface area contributed by atoms with Crippen molar-refractivity contribution in [1.82, 2.24) is 5.32 Å². The second-order valence-corrected chi connectivity index (χ2v) is 2.74. The van der Waals surface area contributed by atoms with Crippen molar-refractivity contribution in [2.45, 2.75) is 24.6 Å². The van der Waals surface area contributed by atoms with Crippen molar-refractivity contribution in [2.75, 3.05) is 6.54 Å². The van der Waals surface area contributed by atoms with E-state index in [2.05, 4.69) is 0 Å². The van der Waals surface area contributed by atoms with E-state index in [1.54, 1.807) is 0 Å².